The Balaban J connectivity index is 1.70. The average molecular weight is 524 g/mol. The number of aromatic carboxylic acids is 1. The monoisotopic (exact) mass is 523 g/mol. The predicted octanol–water partition coefficient (Wildman–Crippen LogP) is 6.59. The molecule has 2 aromatic carbocycles. The van der Waals surface area contributed by atoms with Crippen LogP contribution in [0.4, 0.5) is 19.0 Å². The van der Waals surface area contributed by atoms with Crippen molar-refractivity contribution < 1.29 is 23.1 Å². The molecule has 1 fully saturated rings. The summed E-state index contributed by atoms with van der Waals surface area (Å²) in [4.78, 5) is 25.1. The number of hydrogen-bond acceptors (Lipinski definition) is 5. The first-order valence-corrected chi connectivity index (χ1v) is 12.6. The highest BCUT2D eigenvalue weighted by Gasteiger charge is 2.31. The normalized spacial score (nSPS) is 14.7. The molecule has 0 radical (unpaired) electrons. The third-order valence-corrected chi connectivity index (χ3v) is 6.92. The van der Waals surface area contributed by atoms with Crippen LogP contribution in [0.2, 0.25) is 0 Å². The van der Waals surface area contributed by atoms with E-state index in [-0.39, 0.29) is 30.0 Å². The van der Waals surface area contributed by atoms with Crippen LogP contribution in [0.5, 0.6) is 0 Å². The molecule has 0 bridgehead atoms. The third-order valence-electron chi connectivity index (χ3n) is 6.92. The molecule has 2 aromatic heterocycles. The van der Waals surface area contributed by atoms with Gasteiger partial charge in [-0.2, -0.15) is 13.2 Å². The minimum Gasteiger partial charge on any atom is -0.475 e. The molecule has 1 atom stereocenters. The highest BCUT2D eigenvalue weighted by atomic mass is 19.4. The Morgan fingerprint density at radius 1 is 1.08 bits per heavy atom. The zero-order chi connectivity index (χ0) is 27.2. The van der Waals surface area contributed by atoms with Crippen molar-refractivity contribution in [3.05, 3.63) is 71.0 Å². The number of hydrogen-bond donors (Lipinski definition) is 2. The molecular weight excluding hydrogens is 495 g/mol. The summed E-state index contributed by atoms with van der Waals surface area (Å²) < 4.78 is 41.3. The molecule has 2 heterocycles. The van der Waals surface area contributed by atoms with E-state index in [0.717, 1.165) is 36.1 Å². The van der Waals surface area contributed by atoms with Gasteiger partial charge < -0.3 is 15.0 Å². The Morgan fingerprint density at radius 2 is 1.79 bits per heavy atom. The fourth-order valence-electron chi connectivity index (χ4n) is 4.56. The van der Waals surface area contributed by atoms with Crippen LogP contribution in [0.3, 0.4) is 0 Å². The number of aromatic nitrogens is 4. The molecular formula is C28H28F3N5O2. The minimum atomic E-state index is -4.43. The van der Waals surface area contributed by atoms with E-state index in [1.54, 1.807) is 0 Å². The van der Waals surface area contributed by atoms with Crippen LogP contribution in [0.25, 0.3) is 22.6 Å². The summed E-state index contributed by atoms with van der Waals surface area (Å²) in [7, 11) is 0. The number of nitrogens with zero attached hydrogens (tertiary/aromatic N) is 4. The van der Waals surface area contributed by atoms with E-state index >= 15 is 0 Å². The fraction of sp³-hybridized carbons (Fsp3) is 0.357. The standard InChI is InChI=1S/C28H28F3N5O2/c1-15(2)19-5-4-6-20(13-19)26-35-24-22(36(26)14-17-7-11-21(12-8-17)28(29,30)31)23(32-16(3)18-9-10-18)33-25(34-24)27(37)38/h4-8,11-13,15-16,18H,9-10,14H2,1-3H3,(H,37,38)(H,32,33,34)/t16-/m1/s1. The molecule has 1 saturated carbocycles. The van der Waals surface area contributed by atoms with Crippen LogP contribution in [-0.4, -0.2) is 36.6 Å². The molecule has 198 valence electrons. The molecule has 38 heavy (non-hydrogen) atoms. The summed E-state index contributed by atoms with van der Waals surface area (Å²) in [6.07, 6.45) is -2.28. The van der Waals surface area contributed by atoms with Gasteiger partial charge in [0.1, 0.15) is 11.3 Å². The second-order valence-corrected chi connectivity index (χ2v) is 10.1. The summed E-state index contributed by atoms with van der Waals surface area (Å²) in [6, 6.07) is 12.9. The van der Waals surface area contributed by atoms with Gasteiger partial charge in [0.05, 0.1) is 5.56 Å². The highest BCUT2D eigenvalue weighted by Crippen LogP contribution is 2.36. The molecule has 1 aliphatic rings. The number of nitrogens with one attached hydrogen (secondary N) is 1. The smallest absolute Gasteiger partial charge is 0.416 e. The lowest BCUT2D eigenvalue weighted by atomic mass is 10.0. The SMILES string of the molecule is CC(C)c1cccc(-c2nc3nc(C(=O)O)nc(N[C@H](C)C4CC4)c3n2Cc2ccc(C(F)(F)F)cc2)c1. The highest BCUT2D eigenvalue weighted by molar-refractivity contribution is 5.92. The predicted molar refractivity (Wildman–Crippen MR) is 138 cm³/mol. The first kappa shape index (κ1) is 25.7. The maximum atomic E-state index is 13.2. The number of carboxylic acids is 1. The number of alkyl halides is 3. The Morgan fingerprint density at radius 3 is 2.39 bits per heavy atom. The van der Waals surface area contributed by atoms with Crippen LogP contribution in [-0.2, 0) is 12.7 Å². The maximum Gasteiger partial charge on any atom is 0.416 e. The molecule has 0 unspecified atom stereocenters. The zero-order valence-electron chi connectivity index (χ0n) is 21.3. The minimum absolute atomic E-state index is 0.0527. The summed E-state index contributed by atoms with van der Waals surface area (Å²) in [5.41, 5.74) is 2.50. The van der Waals surface area contributed by atoms with Gasteiger partial charge in [-0.3, -0.25) is 0 Å². The molecule has 0 spiro atoms. The number of imidazole rings is 1. The summed E-state index contributed by atoms with van der Waals surface area (Å²) in [5.74, 6) is -0.0438. The molecule has 1 aliphatic carbocycles. The van der Waals surface area contributed by atoms with E-state index in [1.807, 2.05) is 35.8 Å². The molecule has 0 amide bonds. The van der Waals surface area contributed by atoms with Crippen molar-refractivity contribution in [2.24, 2.45) is 5.92 Å². The van der Waals surface area contributed by atoms with Crippen molar-refractivity contribution in [1.82, 2.24) is 19.5 Å². The van der Waals surface area contributed by atoms with Crippen molar-refractivity contribution in [1.29, 1.82) is 0 Å². The molecule has 5 rings (SSSR count). The summed E-state index contributed by atoms with van der Waals surface area (Å²) in [5, 5.41) is 13.0. The topological polar surface area (TPSA) is 92.9 Å². The van der Waals surface area contributed by atoms with E-state index in [4.69, 9.17) is 4.98 Å². The van der Waals surface area contributed by atoms with Gasteiger partial charge in [0, 0.05) is 18.2 Å². The molecule has 0 aliphatic heterocycles. The van der Waals surface area contributed by atoms with Crippen LogP contribution < -0.4 is 5.32 Å². The van der Waals surface area contributed by atoms with E-state index < -0.39 is 17.7 Å². The van der Waals surface area contributed by atoms with Crippen molar-refractivity contribution in [2.75, 3.05) is 5.32 Å². The van der Waals surface area contributed by atoms with Crippen molar-refractivity contribution in [3.63, 3.8) is 0 Å². The summed E-state index contributed by atoms with van der Waals surface area (Å²) >= 11 is 0. The number of halogens is 3. The van der Waals surface area contributed by atoms with Crippen molar-refractivity contribution >= 4 is 23.0 Å². The number of anilines is 1. The molecule has 7 nitrogen and oxygen atoms in total. The van der Waals surface area contributed by atoms with Crippen molar-refractivity contribution in [2.45, 2.75) is 58.3 Å². The summed E-state index contributed by atoms with van der Waals surface area (Å²) in [6.45, 7) is 6.38. The lowest BCUT2D eigenvalue weighted by Crippen LogP contribution is -2.20. The molecule has 4 aromatic rings. The number of fused-ring (bicyclic) bond motifs is 1. The molecule has 0 saturated heterocycles. The number of carbonyl (C=O) groups is 1. The van der Waals surface area contributed by atoms with Gasteiger partial charge >= 0.3 is 12.1 Å². The van der Waals surface area contributed by atoms with Gasteiger partial charge in [0.15, 0.2) is 11.5 Å². The lowest BCUT2D eigenvalue weighted by molar-refractivity contribution is -0.137. The van der Waals surface area contributed by atoms with Crippen LogP contribution in [0.1, 0.15) is 66.8 Å². The second kappa shape index (κ2) is 9.74. The fourth-order valence-corrected chi connectivity index (χ4v) is 4.56. The first-order chi connectivity index (χ1) is 18.0. The molecule has 10 heteroatoms. The largest absolute Gasteiger partial charge is 0.475 e. The quantitative estimate of drug-likeness (QED) is 0.271. The van der Waals surface area contributed by atoms with Crippen LogP contribution in [0, 0.1) is 5.92 Å². The van der Waals surface area contributed by atoms with E-state index in [9.17, 15) is 23.1 Å². The number of benzene rings is 2. The van der Waals surface area contributed by atoms with E-state index in [1.165, 1.54) is 12.1 Å². The maximum absolute atomic E-state index is 13.2. The van der Waals surface area contributed by atoms with Gasteiger partial charge in [0.25, 0.3) is 0 Å². The van der Waals surface area contributed by atoms with Gasteiger partial charge in [0.2, 0.25) is 5.82 Å². The van der Waals surface area contributed by atoms with Crippen LogP contribution >= 0.6 is 0 Å². The second-order valence-electron chi connectivity index (χ2n) is 10.1. The molecule has 2 N–H and O–H groups in total. The van der Waals surface area contributed by atoms with E-state index in [0.29, 0.717) is 28.6 Å². The van der Waals surface area contributed by atoms with Gasteiger partial charge in [-0.1, -0.05) is 44.2 Å². The van der Waals surface area contributed by atoms with E-state index in [2.05, 4.69) is 29.1 Å². The number of rotatable bonds is 8. The Labute approximate surface area is 217 Å². The van der Waals surface area contributed by atoms with Crippen molar-refractivity contribution in [3.8, 4) is 11.4 Å². The Kier molecular flexibility index (Phi) is 6.58. The first-order valence-electron chi connectivity index (χ1n) is 12.6. The third kappa shape index (κ3) is 5.20. The Hall–Kier alpha value is -3.95. The lowest BCUT2D eigenvalue weighted by Gasteiger charge is -2.17. The van der Waals surface area contributed by atoms with Crippen LogP contribution in [0.15, 0.2) is 48.5 Å². The van der Waals surface area contributed by atoms with Gasteiger partial charge in [-0.25, -0.2) is 19.7 Å². The Bertz CT molecular complexity index is 1490. The van der Waals surface area contributed by atoms with Gasteiger partial charge in [-0.15, -0.1) is 0 Å². The van der Waals surface area contributed by atoms with Gasteiger partial charge in [-0.05, 0) is 60.9 Å². The average Bonchev–Trinajstić information content (AvgIpc) is 3.66. The zero-order valence-corrected chi connectivity index (χ0v) is 21.3. The number of carboxylic acid groups (broad SMARTS) is 1.